The number of benzene rings is 1. The summed E-state index contributed by atoms with van der Waals surface area (Å²) < 4.78 is 2.10. The molecule has 1 aromatic carbocycles. The summed E-state index contributed by atoms with van der Waals surface area (Å²) >= 11 is 0. The number of nitrogens with zero attached hydrogens (tertiary/aromatic N) is 2. The van der Waals surface area contributed by atoms with Crippen molar-refractivity contribution in [3.63, 3.8) is 0 Å². The van der Waals surface area contributed by atoms with E-state index in [1.165, 1.54) is 0 Å². The van der Waals surface area contributed by atoms with E-state index in [9.17, 15) is 4.79 Å². The second-order valence-electron chi connectivity index (χ2n) is 3.67. The second kappa shape index (κ2) is 4.75. The SMILES string of the molecule is CCn1ccnc1Cc1cccc(C=O)c1. The first kappa shape index (κ1) is 10.6. The van der Waals surface area contributed by atoms with Crippen LogP contribution < -0.4 is 0 Å². The lowest BCUT2D eigenvalue weighted by Crippen LogP contribution is -2.02. The Morgan fingerprint density at radius 3 is 3.06 bits per heavy atom. The third kappa shape index (κ3) is 2.19. The van der Waals surface area contributed by atoms with E-state index in [-0.39, 0.29) is 0 Å². The maximum Gasteiger partial charge on any atom is 0.150 e. The number of carbonyl (C=O) groups excluding carboxylic acids is 1. The summed E-state index contributed by atoms with van der Waals surface area (Å²) in [6.45, 7) is 3.01. The van der Waals surface area contributed by atoms with E-state index in [0.29, 0.717) is 5.56 Å². The summed E-state index contributed by atoms with van der Waals surface area (Å²) in [5.41, 5.74) is 1.83. The summed E-state index contributed by atoms with van der Waals surface area (Å²) in [6, 6.07) is 7.63. The molecule has 0 amide bonds. The molecule has 16 heavy (non-hydrogen) atoms. The van der Waals surface area contributed by atoms with Gasteiger partial charge in [0.2, 0.25) is 0 Å². The van der Waals surface area contributed by atoms with Crippen molar-refractivity contribution in [1.29, 1.82) is 0 Å². The molecule has 2 aromatic rings. The van der Waals surface area contributed by atoms with Crippen LogP contribution >= 0.6 is 0 Å². The molecule has 0 N–H and O–H groups in total. The number of hydrogen-bond acceptors (Lipinski definition) is 2. The van der Waals surface area contributed by atoms with Crippen LogP contribution in [0.5, 0.6) is 0 Å². The first-order chi connectivity index (χ1) is 7.83. The van der Waals surface area contributed by atoms with Crippen LogP contribution in [0.15, 0.2) is 36.7 Å². The first-order valence-electron chi connectivity index (χ1n) is 5.37. The number of rotatable bonds is 4. The molecular formula is C13H14N2O. The fraction of sp³-hybridized carbons (Fsp3) is 0.231. The Bertz CT molecular complexity index is 488. The number of aryl methyl sites for hydroxylation is 1. The molecule has 0 unspecified atom stereocenters. The molecule has 0 atom stereocenters. The van der Waals surface area contributed by atoms with E-state index in [0.717, 1.165) is 30.6 Å². The topological polar surface area (TPSA) is 34.9 Å². The van der Waals surface area contributed by atoms with Crippen LogP contribution in [0.25, 0.3) is 0 Å². The Labute approximate surface area is 94.7 Å². The Hall–Kier alpha value is -1.90. The highest BCUT2D eigenvalue weighted by molar-refractivity contribution is 5.74. The van der Waals surface area contributed by atoms with E-state index >= 15 is 0 Å². The lowest BCUT2D eigenvalue weighted by Gasteiger charge is -2.05. The predicted octanol–water partition coefficient (Wildman–Crippen LogP) is 2.31. The Balaban J connectivity index is 2.23. The lowest BCUT2D eigenvalue weighted by atomic mass is 10.1. The van der Waals surface area contributed by atoms with E-state index in [1.54, 1.807) is 0 Å². The van der Waals surface area contributed by atoms with Crippen LogP contribution in [-0.2, 0) is 13.0 Å². The van der Waals surface area contributed by atoms with Crippen molar-refractivity contribution in [3.8, 4) is 0 Å². The van der Waals surface area contributed by atoms with Crippen molar-refractivity contribution >= 4 is 6.29 Å². The molecule has 0 radical (unpaired) electrons. The molecule has 3 heteroatoms. The van der Waals surface area contributed by atoms with Crippen LogP contribution in [0.4, 0.5) is 0 Å². The summed E-state index contributed by atoms with van der Waals surface area (Å²) in [5, 5.41) is 0. The van der Waals surface area contributed by atoms with Crippen LogP contribution in [0, 0.1) is 0 Å². The predicted molar refractivity (Wildman–Crippen MR) is 62.5 cm³/mol. The van der Waals surface area contributed by atoms with Gasteiger partial charge in [0, 0.05) is 30.9 Å². The van der Waals surface area contributed by atoms with Crippen molar-refractivity contribution < 1.29 is 4.79 Å². The van der Waals surface area contributed by atoms with Crippen LogP contribution in [-0.4, -0.2) is 15.8 Å². The van der Waals surface area contributed by atoms with Gasteiger partial charge in [-0.25, -0.2) is 4.98 Å². The zero-order valence-corrected chi connectivity index (χ0v) is 9.26. The van der Waals surface area contributed by atoms with Gasteiger partial charge < -0.3 is 4.57 Å². The molecule has 1 heterocycles. The van der Waals surface area contributed by atoms with Crippen molar-refractivity contribution in [2.45, 2.75) is 19.9 Å². The standard InChI is InChI=1S/C13H14N2O/c1-2-15-7-6-14-13(15)9-11-4-3-5-12(8-11)10-16/h3-8,10H,2,9H2,1H3. The van der Waals surface area contributed by atoms with Gasteiger partial charge in [0.05, 0.1) is 0 Å². The van der Waals surface area contributed by atoms with Gasteiger partial charge in [-0.15, -0.1) is 0 Å². The molecule has 0 bridgehead atoms. The van der Waals surface area contributed by atoms with Crippen LogP contribution in [0.2, 0.25) is 0 Å². The molecule has 2 rings (SSSR count). The highest BCUT2D eigenvalue weighted by Gasteiger charge is 2.03. The second-order valence-corrected chi connectivity index (χ2v) is 3.67. The molecule has 0 fully saturated rings. The van der Waals surface area contributed by atoms with Gasteiger partial charge in [-0.1, -0.05) is 18.2 Å². The molecule has 0 saturated carbocycles. The minimum absolute atomic E-state index is 0.715. The van der Waals surface area contributed by atoms with Gasteiger partial charge in [-0.05, 0) is 18.6 Å². The summed E-state index contributed by atoms with van der Waals surface area (Å²) in [4.78, 5) is 15.0. The molecule has 3 nitrogen and oxygen atoms in total. The van der Waals surface area contributed by atoms with E-state index in [4.69, 9.17) is 0 Å². The minimum Gasteiger partial charge on any atom is -0.335 e. The highest BCUT2D eigenvalue weighted by Crippen LogP contribution is 2.09. The van der Waals surface area contributed by atoms with Gasteiger partial charge >= 0.3 is 0 Å². The normalized spacial score (nSPS) is 10.3. The molecule has 82 valence electrons. The van der Waals surface area contributed by atoms with Crippen molar-refractivity contribution in [2.75, 3.05) is 0 Å². The molecule has 1 aromatic heterocycles. The maximum atomic E-state index is 10.7. The number of aldehydes is 1. The molecule has 0 aliphatic rings. The molecular weight excluding hydrogens is 200 g/mol. The summed E-state index contributed by atoms with van der Waals surface area (Å²) in [7, 11) is 0. The Morgan fingerprint density at radius 1 is 1.44 bits per heavy atom. The minimum atomic E-state index is 0.715. The maximum absolute atomic E-state index is 10.7. The largest absolute Gasteiger partial charge is 0.335 e. The zero-order chi connectivity index (χ0) is 11.4. The zero-order valence-electron chi connectivity index (χ0n) is 9.26. The van der Waals surface area contributed by atoms with Gasteiger partial charge in [0.1, 0.15) is 12.1 Å². The third-order valence-electron chi connectivity index (χ3n) is 2.59. The summed E-state index contributed by atoms with van der Waals surface area (Å²) in [5.74, 6) is 1.03. The smallest absolute Gasteiger partial charge is 0.150 e. The van der Waals surface area contributed by atoms with Crippen LogP contribution in [0.1, 0.15) is 28.7 Å². The first-order valence-corrected chi connectivity index (χ1v) is 5.37. The average Bonchev–Trinajstić information content (AvgIpc) is 2.76. The number of imidazole rings is 1. The highest BCUT2D eigenvalue weighted by atomic mass is 16.1. The van der Waals surface area contributed by atoms with Crippen LogP contribution in [0.3, 0.4) is 0 Å². The number of aromatic nitrogens is 2. The average molecular weight is 214 g/mol. The lowest BCUT2D eigenvalue weighted by molar-refractivity contribution is 0.112. The van der Waals surface area contributed by atoms with Gasteiger partial charge in [-0.2, -0.15) is 0 Å². The van der Waals surface area contributed by atoms with Crippen molar-refractivity contribution in [3.05, 3.63) is 53.6 Å². The molecule has 0 spiro atoms. The Morgan fingerprint density at radius 2 is 2.31 bits per heavy atom. The van der Waals surface area contributed by atoms with E-state index in [1.807, 2.05) is 36.7 Å². The van der Waals surface area contributed by atoms with Gasteiger partial charge in [0.15, 0.2) is 0 Å². The number of hydrogen-bond donors (Lipinski definition) is 0. The van der Waals surface area contributed by atoms with Gasteiger partial charge in [-0.3, -0.25) is 4.79 Å². The van der Waals surface area contributed by atoms with Crippen molar-refractivity contribution in [1.82, 2.24) is 9.55 Å². The molecule has 0 saturated heterocycles. The monoisotopic (exact) mass is 214 g/mol. The molecule has 0 aliphatic carbocycles. The third-order valence-corrected chi connectivity index (χ3v) is 2.59. The fourth-order valence-electron chi connectivity index (χ4n) is 1.75. The number of carbonyl (C=O) groups is 1. The van der Waals surface area contributed by atoms with E-state index in [2.05, 4.69) is 16.5 Å². The Kier molecular flexibility index (Phi) is 3.15. The van der Waals surface area contributed by atoms with E-state index < -0.39 is 0 Å². The van der Waals surface area contributed by atoms with Crippen molar-refractivity contribution in [2.24, 2.45) is 0 Å². The fourth-order valence-corrected chi connectivity index (χ4v) is 1.75. The van der Waals surface area contributed by atoms with Gasteiger partial charge in [0.25, 0.3) is 0 Å². The summed E-state index contributed by atoms with van der Waals surface area (Å²) in [6.07, 6.45) is 5.42. The molecule has 0 aliphatic heterocycles. The quantitative estimate of drug-likeness (QED) is 0.732.